The summed E-state index contributed by atoms with van der Waals surface area (Å²) >= 11 is 0. The summed E-state index contributed by atoms with van der Waals surface area (Å²) in [6, 6.07) is 10.8. The number of rotatable bonds is 2. The third kappa shape index (κ3) is 2.40. The van der Waals surface area contributed by atoms with Gasteiger partial charge in [0.25, 0.3) is 0 Å². The van der Waals surface area contributed by atoms with Gasteiger partial charge in [-0.25, -0.2) is 0 Å². The Bertz CT molecular complexity index is 595. The molecule has 1 aromatic carbocycles. The Balaban J connectivity index is 1.59. The molecule has 2 aliphatic rings. The normalized spacial score (nSPS) is 25.6. The lowest BCUT2D eigenvalue weighted by molar-refractivity contribution is 0.243. The van der Waals surface area contributed by atoms with Crippen molar-refractivity contribution in [3.8, 4) is 5.69 Å². The van der Waals surface area contributed by atoms with Crippen LogP contribution in [0.3, 0.4) is 0 Å². The largest absolute Gasteiger partial charge is 0.339 e. The monoisotopic (exact) mass is 284 g/mol. The van der Waals surface area contributed by atoms with Crippen LogP contribution < -0.4 is 10.2 Å². The van der Waals surface area contributed by atoms with Crippen molar-refractivity contribution in [3.63, 3.8) is 0 Å². The van der Waals surface area contributed by atoms with Crippen molar-refractivity contribution in [3.05, 3.63) is 30.3 Å². The van der Waals surface area contributed by atoms with Gasteiger partial charge < -0.3 is 10.2 Å². The van der Waals surface area contributed by atoms with E-state index >= 15 is 0 Å². The smallest absolute Gasteiger partial charge is 0.250 e. The van der Waals surface area contributed by atoms with Crippen LogP contribution in [0.15, 0.2) is 30.3 Å². The number of fused-ring (bicyclic) bond motifs is 1. The lowest BCUT2D eigenvalue weighted by Gasteiger charge is -2.41. The first kappa shape index (κ1) is 12.8. The van der Waals surface area contributed by atoms with E-state index in [1.807, 2.05) is 35.0 Å². The standard InChI is InChI=1S/C15H20N6/c1-2-6-13(7-3-1)21-15(17-18-19-21)20-10-8-14-12(11-20)5-4-9-16-14/h1-3,6-7,12,14,16H,4-5,8-11H2. The predicted molar refractivity (Wildman–Crippen MR) is 80.5 cm³/mol. The molecule has 2 aliphatic heterocycles. The SMILES string of the molecule is c1ccc(-n2nnnc2N2CCC3NCCCC3C2)cc1. The molecular weight excluding hydrogens is 264 g/mol. The summed E-state index contributed by atoms with van der Waals surface area (Å²) in [7, 11) is 0. The van der Waals surface area contributed by atoms with Crippen LogP contribution in [-0.4, -0.2) is 45.9 Å². The highest BCUT2D eigenvalue weighted by Gasteiger charge is 2.32. The lowest BCUT2D eigenvalue weighted by Crippen LogP contribution is -2.52. The fourth-order valence-electron chi connectivity index (χ4n) is 3.54. The molecule has 0 radical (unpaired) electrons. The van der Waals surface area contributed by atoms with Crippen LogP contribution in [0.4, 0.5) is 5.95 Å². The zero-order valence-electron chi connectivity index (χ0n) is 12.0. The Morgan fingerprint density at radius 3 is 2.95 bits per heavy atom. The molecule has 2 fully saturated rings. The summed E-state index contributed by atoms with van der Waals surface area (Å²) in [6.07, 6.45) is 3.76. The number of para-hydroxylation sites is 1. The number of hydrogen-bond donors (Lipinski definition) is 1. The molecule has 0 saturated carbocycles. The topological polar surface area (TPSA) is 58.9 Å². The maximum absolute atomic E-state index is 4.26. The second kappa shape index (κ2) is 5.44. The fourth-order valence-corrected chi connectivity index (χ4v) is 3.54. The summed E-state index contributed by atoms with van der Waals surface area (Å²) in [5, 5.41) is 16.0. The van der Waals surface area contributed by atoms with Crippen LogP contribution in [-0.2, 0) is 0 Å². The van der Waals surface area contributed by atoms with Crippen LogP contribution in [0.25, 0.3) is 5.69 Å². The Labute approximate surface area is 124 Å². The minimum atomic E-state index is 0.677. The molecule has 2 saturated heterocycles. The zero-order chi connectivity index (χ0) is 14.1. The number of aromatic nitrogens is 4. The summed E-state index contributed by atoms with van der Waals surface area (Å²) < 4.78 is 1.84. The van der Waals surface area contributed by atoms with Crippen molar-refractivity contribution in [2.45, 2.75) is 25.3 Å². The summed E-state index contributed by atoms with van der Waals surface area (Å²) in [6.45, 7) is 3.23. The summed E-state index contributed by atoms with van der Waals surface area (Å²) in [5.41, 5.74) is 1.02. The molecule has 0 bridgehead atoms. The zero-order valence-corrected chi connectivity index (χ0v) is 12.0. The maximum Gasteiger partial charge on any atom is 0.250 e. The third-order valence-electron chi connectivity index (χ3n) is 4.63. The van der Waals surface area contributed by atoms with E-state index < -0.39 is 0 Å². The molecule has 0 spiro atoms. The average molecular weight is 284 g/mol. The first-order valence-corrected chi connectivity index (χ1v) is 7.74. The van der Waals surface area contributed by atoms with Crippen molar-refractivity contribution in [2.24, 2.45) is 5.92 Å². The Morgan fingerprint density at radius 2 is 2.05 bits per heavy atom. The molecule has 2 aromatic rings. The van der Waals surface area contributed by atoms with Gasteiger partial charge in [0, 0.05) is 19.1 Å². The number of tetrazole rings is 1. The van der Waals surface area contributed by atoms with Gasteiger partial charge in [-0.3, -0.25) is 0 Å². The van der Waals surface area contributed by atoms with Gasteiger partial charge in [-0.2, -0.15) is 4.68 Å². The average Bonchev–Trinajstić information content (AvgIpc) is 3.05. The Morgan fingerprint density at radius 1 is 1.14 bits per heavy atom. The molecule has 110 valence electrons. The van der Waals surface area contributed by atoms with Gasteiger partial charge >= 0.3 is 0 Å². The van der Waals surface area contributed by atoms with E-state index in [2.05, 4.69) is 25.7 Å². The molecule has 2 unspecified atom stereocenters. The van der Waals surface area contributed by atoms with Gasteiger partial charge in [0.1, 0.15) is 0 Å². The third-order valence-corrected chi connectivity index (χ3v) is 4.63. The summed E-state index contributed by atoms with van der Waals surface area (Å²) in [4.78, 5) is 2.33. The summed E-state index contributed by atoms with van der Waals surface area (Å²) in [5.74, 6) is 1.58. The minimum Gasteiger partial charge on any atom is -0.339 e. The first-order valence-electron chi connectivity index (χ1n) is 7.74. The molecule has 0 aliphatic carbocycles. The van der Waals surface area contributed by atoms with Crippen molar-refractivity contribution in [2.75, 3.05) is 24.5 Å². The van der Waals surface area contributed by atoms with Gasteiger partial charge in [0.05, 0.1) is 5.69 Å². The number of nitrogens with zero attached hydrogens (tertiary/aromatic N) is 5. The molecule has 1 N–H and O–H groups in total. The molecule has 6 nitrogen and oxygen atoms in total. The number of benzene rings is 1. The second-order valence-corrected chi connectivity index (χ2v) is 5.92. The van der Waals surface area contributed by atoms with E-state index in [-0.39, 0.29) is 0 Å². The van der Waals surface area contributed by atoms with Crippen molar-refractivity contribution >= 4 is 5.95 Å². The van der Waals surface area contributed by atoms with Gasteiger partial charge in [-0.1, -0.05) is 23.3 Å². The van der Waals surface area contributed by atoms with Crippen LogP contribution in [0.2, 0.25) is 0 Å². The molecule has 6 heteroatoms. The molecule has 3 heterocycles. The van der Waals surface area contributed by atoms with Crippen molar-refractivity contribution in [1.29, 1.82) is 0 Å². The predicted octanol–water partition coefficient (Wildman–Crippen LogP) is 1.24. The number of hydrogen-bond acceptors (Lipinski definition) is 5. The highest BCUT2D eigenvalue weighted by atomic mass is 15.6. The number of piperidine rings is 2. The highest BCUT2D eigenvalue weighted by molar-refractivity contribution is 5.41. The second-order valence-electron chi connectivity index (χ2n) is 5.92. The molecule has 2 atom stereocenters. The van der Waals surface area contributed by atoms with Gasteiger partial charge in [-0.05, 0) is 54.3 Å². The quantitative estimate of drug-likeness (QED) is 0.899. The molecule has 0 amide bonds. The maximum atomic E-state index is 4.26. The van der Waals surface area contributed by atoms with Gasteiger partial charge in [0.2, 0.25) is 5.95 Å². The van der Waals surface area contributed by atoms with Crippen LogP contribution in [0, 0.1) is 5.92 Å². The van der Waals surface area contributed by atoms with E-state index in [0.29, 0.717) is 12.0 Å². The van der Waals surface area contributed by atoms with Crippen LogP contribution in [0.1, 0.15) is 19.3 Å². The van der Waals surface area contributed by atoms with Crippen LogP contribution in [0.5, 0.6) is 0 Å². The van der Waals surface area contributed by atoms with E-state index in [9.17, 15) is 0 Å². The molecule has 1 aromatic heterocycles. The van der Waals surface area contributed by atoms with Crippen molar-refractivity contribution < 1.29 is 0 Å². The van der Waals surface area contributed by atoms with E-state index in [0.717, 1.165) is 24.7 Å². The Kier molecular flexibility index (Phi) is 3.31. The number of anilines is 1. The van der Waals surface area contributed by atoms with Crippen LogP contribution >= 0.6 is 0 Å². The fraction of sp³-hybridized carbons (Fsp3) is 0.533. The molecule has 21 heavy (non-hydrogen) atoms. The molecule has 4 rings (SSSR count). The van der Waals surface area contributed by atoms with Crippen molar-refractivity contribution in [1.82, 2.24) is 25.5 Å². The van der Waals surface area contributed by atoms with E-state index in [4.69, 9.17) is 0 Å². The van der Waals surface area contributed by atoms with Gasteiger partial charge in [-0.15, -0.1) is 0 Å². The minimum absolute atomic E-state index is 0.677. The Hall–Kier alpha value is -1.95. The van der Waals surface area contributed by atoms with E-state index in [1.165, 1.54) is 25.8 Å². The first-order chi connectivity index (χ1) is 10.4. The lowest BCUT2D eigenvalue weighted by atomic mass is 9.85. The highest BCUT2D eigenvalue weighted by Crippen LogP contribution is 2.27. The van der Waals surface area contributed by atoms with Gasteiger partial charge in [0.15, 0.2) is 0 Å². The number of nitrogens with one attached hydrogen (secondary N) is 1. The molecular formula is C15H20N6. The van der Waals surface area contributed by atoms with E-state index in [1.54, 1.807) is 0 Å².